The summed E-state index contributed by atoms with van der Waals surface area (Å²) in [6, 6.07) is 9.10. The lowest BCUT2D eigenvalue weighted by Crippen LogP contribution is -1.91. The molecule has 2 aromatic rings. The SMILES string of the molecule is COc1ccc(/C=N\N=C\c2ccco2)cc1OC. The molecule has 0 radical (unpaired) electrons. The van der Waals surface area contributed by atoms with Gasteiger partial charge in [0, 0.05) is 0 Å². The summed E-state index contributed by atoms with van der Waals surface area (Å²) in [6.45, 7) is 0. The van der Waals surface area contributed by atoms with Gasteiger partial charge in [-0.2, -0.15) is 10.2 Å². The molecule has 0 aliphatic rings. The first kappa shape index (κ1) is 12.9. The van der Waals surface area contributed by atoms with Gasteiger partial charge in [0.25, 0.3) is 0 Å². The molecule has 1 heterocycles. The monoisotopic (exact) mass is 258 g/mol. The summed E-state index contributed by atoms with van der Waals surface area (Å²) in [5.74, 6) is 1.99. The van der Waals surface area contributed by atoms with Crippen LogP contribution in [0.15, 0.2) is 51.2 Å². The van der Waals surface area contributed by atoms with Crippen molar-refractivity contribution in [2.24, 2.45) is 10.2 Å². The Bertz CT molecular complexity index is 574. The largest absolute Gasteiger partial charge is 0.493 e. The standard InChI is InChI=1S/C14H14N2O3/c1-17-13-6-5-11(8-14(13)18-2)9-15-16-10-12-4-3-7-19-12/h3-10H,1-2H3/b15-9-,16-10+. The summed E-state index contributed by atoms with van der Waals surface area (Å²) in [7, 11) is 3.19. The van der Waals surface area contributed by atoms with Gasteiger partial charge in [-0.3, -0.25) is 0 Å². The van der Waals surface area contributed by atoms with E-state index < -0.39 is 0 Å². The van der Waals surface area contributed by atoms with Gasteiger partial charge in [0.2, 0.25) is 0 Å². The van der Waals surface area contributed by atoms with Crippen LogP contribution in [-0.4, -0.2) is 26.6 Å². The second-order valence-corrected chi connectivity index (χ2v) is 3.62. The predicted molar refractivity (Wildman–Crippen MR) is 73.4 cm³/mol. The summed E-state index contributed by atoms with van der Waals surface area (Å²) >= 11 is 0. The van der Waals surface area contributed by atoms with Gasteiger partial charge in [-0.15, -0.1) is 0 Å². The molecule has 0 amide bonds. The molecular formula is C14H14N2O3. The van der Waals surface area contributed by atoms with Crippen LogP contribution in [0.5, 0.6) is 11.5 Å². The molecule has 5 heteroatoms. The van der Waals surface area contributed by atoms with Crippen molar-refractivity contribution in [3.8, 4) is 11.5 Å². The van der Waals surface area contributed by atoms with E-state index in [0.717, 1.165) is 5.56 Å². The average molecular weight is 258 g/mol. The van der Waals surface area contributed by atoms with Gasteiger partial charge in [-0.25, -0.2) is 0 Å². The highest BCUT2D eigenvalue weighted by molar-refractivity contribution is 5.82. The maximum Gasteiger partial charge on any atom is 0.161 e. The zero-order valence-corrected chi connectivity index (χ0v) is 10.7. The second kappa shape index (κ2) is 6.39. The first-order valence-corrected chi connectivity index (χ1v) is 5.65. The molecule has 1 aromatic heterocycles. The Morgan fingerprint density at radius 3 is 2.47 bits per heavy atom. The van der Waals surface area contributed by atoms with Crippen LogP contribution in [0.25, 0.3) is 0 Å². The van der Waals surface area contributed by atoms with E-state index in [4.69, 9.17) is 13.9 Å². The highest BCUT2D eigenvalue weighted by atomic mass is 16.5. The van der Waals surface area contributed by atoms with Crippen LogP contribution in [0.2, 0.25) is 0 Å². The van der Waals surface area contributed by atoms with Gasteiger partial charge in [0.1, 0.15) is 5.76 Å². The van der Waals surface area contributed by atoms with E-state index in [1.807, 2.05) is 18.2 Å². The number of hydrogen-bond donors (Lipinski definition) is 0. The first-order chi connectivity index (χ1) is 9.33. The lowest BCUT2D eigenvalue weighted by molar-refractivity contribution is 0.355. The van der Waals surface area contributed by atoms with Crippen molar-refractivity contribution >= 4 is 12.4 Å². The minimum absolute atomic E-state index is 0.654. The van der Waals surface area contributed by atoms with Crippen LogP contribution in [0, 0.1) is 0 Å². The second-order valence-electron chi connectivity index (χ2n) is 3.62. The minimum Gasteiger partial charge on any atom is -0.493 e. The molecule has 0 aliphatic heterocycles. The quantitative estimate of drug-likeness (QED) is 0.612. The normalized spacial score (nSPS) is 11.3. The fraction of sp³-hybridized carbons (Fsp3) is 0.143. The Kier molecular flexibility index (Phi) is 4.34. The highest BCUT2D eigenvalue weighted by Crippen LogP contribution is 2.26. The zero-order chi connectivity index (χ0) is 13.5. The van der Waals surface area contributed by atoms with E-state index in [9.17, 15) is 0 Å². The highest BCUT2D eigenvalue weighted by Gasteiger charge is 2.02. The van der Waals surface area contributed by atoms with Crippen LogP contribution >= 0.6 is 0 Å². The van der Waals surface area contributed by atoms with Gasteiger partial charge in [-0.1, -0.05) is 0 Å². The topological polar surface area (TPSA) is 56.3 Å². The van der Waals surface area contributed by atoms with Crippen LogP contribution in [-0.2, 0) is 0 Å². The number of methoxy groups -OCH3 is 2. The Morgan fingerprint density at radius 1 is 1.00 bits per heavy atom. The Morgan fingerprint density at radius 2 is 1.79 bits per heavy atom. The van der Waals surface area contributed by atoms with Crippen LogP contribution in [0.1, 0.15) is 11.3 Å². The predicted octanol–water partition coefficient (Wildman–Crippen LogP) is 2.75. The molecule has 0 unspecified atom stereocenters. The molecule has 0 spiro atoms. The van der Waals surface area contributed by atoms with E-state index in [0.29, 0.717) is 17.3 Å². The molecule has 0 fully saturated rings. The van der Waals surface area contributed by atoms with E-state index in [2.05, 4.69) is 10.2 Å². The molecule has 0 atom stereocenters. The fourth-order valence-corrected chi connectivity index (χ4v) is 1.49. The summed E-state index contributed by atoms with van der Waals surface area (Å²) in [6.07, 6.45) is 4.75. The first-order valence-electron chi connectivity index (χ1n) is 5.65. The van der Waals surface area contributed by atoms with E-state index >= 15 is 0 Å². The molecule has 0 N–H and O–H groups in total. The van der Waals surface area contributed by atoms with E-state index in [-0.39, 0.29) is 0 Å². The van der Waals surface area contributed by atoms with Gasteiger partial charge in [-0.05, 0) is 35.9 Å². The molecule has 0 bridgehead atoms. The average Bonchev–Trinajstić information content (AvgIpc) is 2.96. The summed E-state index contributed by atoms with van der Waals surface area (Å²) < 4.78 is 15.4. The lowest BCUT2D eigenvalue weighted by atomic mass is 10.2. The maximum atomic E-state index is 5.20. The molecule has 0 saturated heterocycles. The van der Waals surface area contributed by atoms with Gasteiger partial charge in [0.15, 0.2) is 11.5 Å². The molecule has 19 heavy (non-hydrogen) atoms. The van der Waals surface area contributed by atoms with E-state index in [1.165, 1.54) is 6.21 Å². The van der Waals surface area contributed by atoms with Gasteiger partial charge in [0.05, 0.1) is 32.9 Å². The number of nitrogens with zero attached hydrogens (tertiary/aromatic N) is 2. The number of hydrogen-bond acceptors (Lipinski definition) is 5. The van der Waals surface area contributed by atoms with E-state index in [1.54, 1.807) is 38.8 Å². The van der Waals surface area contributed by atoms with Crippen LogP contribution < -0.4 is 9.47 Å². The molecule has 2 rings (SSSR count). The number of furan rings is 1. The minimum atomic E-state index is 0.654. The molecule has 1 aromatic carbocycles. The Hall–Kier alpha value is -2.56. The summed E-state index contributed by atoms with van der Waals surface area (Å²) in [4.78, 5) is 0. The summed E-state index contributed by atoms with van der Waals surface area (Å²) in [5, 5.41) is 7.82. The summed E-state index contributed by atoms with van der Waals surface area (Å²) in [5.41, 5.74) is 0.870. The Labute approximate surface area is 111 Å². The third kappa shape index (κ3) is 3.45. The van der Waals surface area contributed by atoms with Gasteiger partial charge >= 0.3 is 0 Å². The number of rotatable bonds is 5. The smallest absolute Gasteiger partial charge is 0.161 e. The van der Waals surface area contributed by atoms with Crippen molar-refractivity contribution in [3.05, 3.63) is 47.9 Å². The third-order valence-electron chi connectivity index (χ3n) is 2.41. The molecule has 5 nitrogen and oxygen atoms in total. The van der Waals surface area contributed by atoms with Crippen molar-refractivity contribution < 1.29 is 13.9 Å². The molecule has 0 aliphatic carbocycles. The zero-order valence-electron chi connectivity index (χ0n) is 10.7. The third-order valence-corrected chi connectivity index (χ3v) is 2.41. The van der Waals surface area contributed by atoms with Crippen LogP contribution in [0.3, 0.4) is 0 Å². The van der Waals surface area contributed by atoms with Gasteiger partial charge < -0.3 is 13.9 Å². The maximum absolute atomic E-state index is 5.20. The lowest BCUT2D eigenvalue weighted by Gasteiger charge is -2.06. The molecule has 98 valence electrons. The van der Waals surface area contributed by atoms with Crippen molar-refractivity contribution in [3.63, 3.8) is 0 Å². The molecule has 0 saturated carbocycles. The van der Waals surface area contributed by atoms with Crippen LogP contribution in [0.4, 0.5) is 0 Å². The Balaban J connectivity index is 2.06. The molecular weight excluding hydrogens is 244 g/mol. The number of ether oxygens (including phenoxy) is 2. The fourth-order valence-electron chi connectivity index (χ4n) is 1.49. The van der Waals surface area contributed by atoms with Crippen molar-refractivity contribution in [1.29, 1.82) is 0 Å². The van der Waals surface area contributed by atoms with Crippen molar-refractivity contribution in [2.75, 3.05) is 14.2 Å². The van der Waals surface area contributed by atoms with Crippen molar-refractivity contribution in [2.45, 2.75) is 0 Å². The number of benzene rings is 1. The van der Waals surface area contributed by atoms with Crippen molar-refractivity contribution in [1.82, 2.24) is 0 Å².